The number of aromatic nitrogens is 1. The predicted molar refractivity (Wildman–Crippen MR) is 116 cm³/mol. The highest BCUT2D eigenvalue weighted by molar-refractivity contribution is 5.94. The summed E-state index contributed by atoms with van der Waals surface area (Å²) in [5.74, 6) is 0.575. The summed E-state index contributed by atoms with van der Waals surface area (Å²) in [4.78, 5) is 20.8. The normalized spacial score (nSPS) is 19.6. The van der Waals surface area contributed by atoms with Crippen LogP contribution >= 0.6 is 0 Å². The van der Waals surface area contributed by atoms with E-state index >= 15 is 0 Å². The number of rotatable bonds is 8. The number of hydrogen-bond acceptors (Lipinski definition) is 4. The first-order valence-corrected chi connectivity index (χ1v) is 10.5. The van der Waals surface area contributed by atoms with E-state index < -0.39 is 0 Å². The van der Waals surface area contributed by atoms with Crippen LogP contribution in [-0.4, -0.2) is 79.3 Å². The van der Waals surface area contributed by atoms with E-state index in [9.17, 15) is 9.90 Å². The topological polar surface area (TPSA) is 68.8 Å². The first-order chi connectivity index (χ1) is 13.8. The number of carbonyl (C=O) groups excluding carboxylic acids is 1. The Morgan fingerprint density at radius 1 is 1.24 bits per heavy atom. The number of carbonyl (C=O) groups is 1. The molecular formula is C23H35N3O3. The first kappa shape index (κ1) is 21.8. The lowest BCUT2D eigenvalue weighted by atomic mass is 9.96. The lowest BCUT2D eigenvalue weighted by Gasteiger charge is -2.23. The monoisotopic (exact) mass is 401 g/mol. The molecular weight excluding hydrogens is 366 g/mol. The molecule has 1 aliphatic rings. The molecule has 6 nitrogen and oxygen atoms in total. The van der Waals surface area contributed by atoms with Crippen molar-refractivity contribution < 1.29 is 14.6 Å². The van der Waals surface area contributed by atoms with Gasteiger partial charge in [-0.15, -0.1) is 0 Å². The van der Waals surface area contributed by atoms with Crippen molar-refractivity contribution in [2.75, 3.05) is 53.6 Å². The Hall–Kier alpha value is -1.89. The number of nitrogens with zero attached hydrogens (tertiary/aromatic N) is 2. The second kappa shape index (κ2) is 9.28. The summed E-state index contributed by atoms with van der Waals surface area (Å²) in [5.41, 5.74) is 5.71. The summed E-state index contributed by atoms with van der Waals surface area (Å²) >= 11 is 0. The number of aliphatic hydroxyl groups is 1. The number of aromatic amines is 1. The van der Waals surface area contributed by atoms with Crippen molar-refractivity contribution in [1.82, 2.24) is 14.8 Å². The van der Waals surface area contributed by atoms with Crippen molar-refractivity contribution in [3.05, 3.63) is 34.5 Å². The van der Waals surface area contributed by atoms with Crippen molar-refractivity contribution in [3.63, 3.8) is 0 Å². The van der Waals surface area contributed by atoms with Crippen LogP contribution in [0, 0.1) is 32.6 Å². The molecule has 1 aliphatic heterocycles. The molecule has 1 saturated heterocycles. The number of amides is 1. The highest BCUT2D eigenvalue weighted by Crippen LogP contribution is 2.30. The number of likely N-dealkylation sites (tertiary alicyclic amines) is 1. The molecule has 3 rings (SSSR count). The molecule has 6 heteroatoms. The maximum Gasteiger partial charge on any atom is 0.227 e. The van der Waals surface area contributed by atoms with Gasteiger partial charge in [0.15, 0.2) is 0 Å². The number of nitrogens with one attached hydrogen (secondary N) is 1. The second-order valence-corrected chi connectivity index (χ2v) is 8.61. The quantitative estimate of drug-likeness (QED) is 0.712. The van der Waals surface area contributed by atoms with Crippen LogP contribution in [0.25, 0.3) is 10.9 Å². The molecule has 0 radical (unpaired) electrons. The molecule has 2 N–H and O–H groups in total. The van der Waals surface area contributed by atoms with E-state index in [-0.39, 0.29) is 18.4 Å². The van der Waals surface area contributed by atoms with Crippen LogP contribution in [-0.2, 0) is 16.0 Å². The maximum atomic E-state index is 13.2. The third kappa shape index (κ3) is 4.65. The Labute approximate surface area is 173 Å². The smallest absolute Gasteiger partial charge is 0.227 e. The van der Waals surface area contributed by atoms with E-state index in [0.29, 0.717) is 32.0 Å². The fourth-order valence-corrected chi connectivity index (χ4v) is 4.59. The molecule has 1 amide bonds. The SMILES string of the molecule is COCCN(C)C[C@@H]1CN(C(=O)Cc2c(C)[nH]c3c(C)ccc(C)c23)C[C@@H]1CO. The number of fused-ring (bicyclic) bond motifs is 1. The summed E-state index contributed by atoms with van der Waals surface area (Å²) in [5, 5.41) is 11.0. The van der Waals surface area contributed by atoms with Crippen molar-refractivity contribution in [3.8, 4) is 0 Å². The number of aliphatic hydroxyl groups excluding tert-OH is 1. The molecule has 1 fully saturated rings. The molecule has 2 heterocycles. The van der Waals surface area contributed by atoms with E-state index in [1.807, 2.05) is 4.90 Å². The van der Waals surface area contributed by atoms with Crippen molar-refractivity contribution in [2.24, 2.45) is 11.8 Å². The van der Waals surface area contributed by atoms with Crippen LogP contribution in [0.15, 0.2) is 12.1 Å². The summed E-state index contributed by atoms with van der Waals surface area (Å²) in [6, 6.07) is 4.25. The first-order valence-electron chi connectivity index (χ1n) is 10.5. The zero-order valence-corrected chi connectivity index (χ0v) is 18.4. The fraction of sp³-hybridized carbons (Fsp3) is 0.609. The van der Waals surface area contributed by atoms with Gasteiger partial charge in [-0.3, -0.25) is 4.79 Å². The Morgan fingerprint density at radius 3 is 2.62 bits per heavy atom. The van der Waals surface area contributed by atoms with E-state index in [2.05, 4.69) is 49.8 Å². The van der Waals surface area contributed by atoms with Crippen LogP contribution < -0.4 is 0 Å². The molecule has 2 atom stereocenters. The van der Waals surface area contributed by atoms with Crippen LogP contribution in [0.1, 0.15) is 22.4 Å². The van der Waals surface area contributed by atoms with E-state index in [0.717, 1.165) is 29.9 Å². The van der Waals surface area contributed by atoms with Gasteiger partial charge in [0.25, 0.3) is 0 Å². The zero-order chi connectivity index (χ0) is 21.1. The van der Waals surface area contributed by atoms with Gasteiger partial charge in [-0.25, -0.2) is 0 Å². The predicted octanol–water partition coefficient (Wildman–Crippen LogP) is 2.28. The molecule has 1 aromatic carbocycles. The molecule has 0 bridgehead atoms. The number of methoxy groups -OCH3 is 1. The van der Waals surface area contributed by atoms with Crippen molar-refractivity contribution >= 4 is 16.8 Å². The maximum absolute atomic E-state index is 13.2. The summed E-state index contributed by atoms with van der Waals surface area (Å²) < 4.78 is 5.15. The molecule has 0 aliphatic carbocycles. The highest BCUT2D eigenvalue weighted by Gasteiger charge is 2.35. The number of H-pyrrole nitrogens is 1. The number of benzene rings is 1. The van der Waals surface area contributed by atoms with Crippen molar-refractivity contribution in [1.29, 1.82) is 0 Å². The Kier molecular flexibility index (Phi) is 6.98. The lowest BCUT2D eigenvalue weighted by molar-refractivity contribution is -0.129. The zero-order valence-electron chi connectivity index (χ0n) is 18.4. The lowest BCUT2D eigenvalue weighted by Crippen LogP contribution is -2.34. The van der Waals surface area contributed by atoms with Crippen LogP contribution in [0.3, 0.4) is 0 Å². The second-order valence-electron chi connectivity index (χ2n) is 8.61. The number of aryl methyl sites for hydroxylation is 3. The average molecular weight is 402 g/mol. The minimum absolute atomic E-state index is 0.122. The van der Waals surface area contributed by atoms with Crippen LogP contribution in [0.4, 0.5) is 0 Å². The van der Waals surface area contributed by atoms with Gasteiger partial charge in [-0.1, -0.05) is 12.1 Å². The standard InChI is InChI=1S/C23H35N3O3/c1-15-6-7-16(2)23-22(15)20(17(3)24-23)10-21(28)26-12-18(19(13-26)14-27)11-25(4)8-9-29-5/h6-7,18-19,24,27H,8-14H2,1-5H3/t18-,19-/m1/s1. The molecule has 2 aromatic rings. The van der Waals surface area contributed by atoms with Crippen molar-refractivity contribution in [2.45, 2.75) is 27.2 Å². The minimum Gasteiger partial charge on any atom is -0.396 e. The third-order valence-electron chi connectivity index (χ3n) is 6.40. The number of ether oxygens (including phenoxy) is 1. The van der Waals surface area contributed by atoms with Crippen LogP contribution in [0.5, 0.6) is 0 Å². The highest BCUT2D eigenvalue weighted by atomic mass is 16.5. The molecule has 0 saturated carbocycles. The largest absolute Gasteiger partial charge is 0.396 e. The molecule has 1 aromatic heterocycles. The Bertz CT molecular complexity index is 861. The molecule has 29 heavy (non-hydrogen) atoms. The average Bonchev–Trinajstić information content (AvgIpc) is 3.25. The van der Waals surface area contributed by atoms with Crippen LogP contribution in [0.2, 0.25) is 0 Å². The third-order valence-corrected chi connectivity index (χ3v) is 6.40. The van der Waals surface area contributed by atoms with Gasteiger partial charge in [0.1, 0.15) is 0 Å². The van der Waals surface area contributed by atoms with Gasteiger partial charge in [-0.2, -0.15) is 0 Å². The van der Waals surface area contributed by atoms with E-state index in [1.54, 1.807) is 7.11 Å². The van der Waals surface area contributed by atoms with E-state index in [4.69, 9.17) is 4.74 Å². The Balaban J connectivity index is 1.72. The number of likely N-dealkylation sites (N-methyl/N-ethyl adjacent to an activating group) is 1. The van der Waals surface area contributed by atoms with Gasteiger partial charge in [-0.05, 0) is 50.4 Å². The summed E-state index contributed by atoms with van der Waals surface area (Å²) in [6.07, 6.45) is 0.403. The van der Waals surface area contributed by atoms with Gasteiger partial charge >= 0.3 is 0 Å². The molecule has 0 unspecified atom stereocenters. The minimum atomic E-state index is 0.122. The van der Waals surface area contributed by atoms with Gasteiger partial charge < -0.3 is 24.6 Å². The molecule has 0 spiro atoms. The molecule has 160 valence electrons. The van der Waals surface area contributed by atoms with Gasteiger partial charge in [0.05, 0.1) is 13.0 Å². The van der Waals surface area contributed by atoms with E-state index in [1.165, 1.54) is 16.5 Å². The summed E-state index contributed by atoms with van der Waals surface area (Å²) in [7, 11) is 3.77. The fourth-order valence-electron chi connectivity index (χ4n) is 4.59. The Morgan fingerprint density at radius 2 is 1.93 bits per heavy atom. The van der Waals surface area contributed by atoms with Gasteiger partial charge in [0, 0.05) is 62.4 Å². The summed E-state index contributed by atoms with van der Waals surface area (Å²) in [6.45, 7) is 10.1. The number of hydrogen-bond donors (Lipinski definition) is 2. The van der Waals surface area contributed by atoms with Gasteiger partial charge in [0.2, 0.25) is 5.91 Å².